The van der Waals surface area contributed by atoms with Crippen molar-refractivity contribution in [1.29, 1.82) is 0 Å². The van der Waals surface area contributed by atoms with Crippen LogP contribution in [0.15, 0.2) is 43.0 Å². The van der Waals surface area contributed by atoms with Crippen molar-refractivity contribution in [1.82, 2.24) is 29.6 Å². The van der Waals surface area contributed by atoms with Crippen LogP contribution in [0.3, 0.4) is 0 Å². The summed E-state index contributed by atoms with van der Waals surface area (Å²) in [4.78, 5) is 21.4. The van der Waals surface area contributed by atoms with E-state index in [-0.39, 0.29) is 13.1 Å². The average Bonchev–Trinajstić information content (AvgIpc) is 3.16. The zero-order chi connectivity index (χ0) is 20.7. The minimum Gasteiger partial charge on any atom is -0.465 e. The first kappa shape index (κ1) is 19.0. The van der Waals surface area contributed by atoms with Crippen molar-refractivity contribution in [2.75, 3.05) is 0 Å². The number of benzene rings is 1. The maximum absolute atomic E-state index is 11.7. The van der Waals surface area contributed by atoms with Gasteiger partial charge in [0.2, 0.25) is 0 Å². The van der Waals surface area contributed by atoms with E-state index in [1.807, 2.05) is 28.8 Å². The molecule has 154 valence electrons. The maximum Gasteiger partial charge on any atom is 0.408 e. The molecule has 1 saturated carbocycles. The Morgan fingerprint density at radius 2 is 1.93 bits per heavy atom. The predicted octanol–water partition coefficient (Wildman–Crippen LogP) is 3.84. The van der Waals surface area contributed by atoms with Crippen molar-refractivity contribution in [3.63, 3.8) is 0 Å². The Hall–Kier alpha value is -3.00. The van der Waals surface area contributed by atoms with Crippen molar-refractivity contribution in [3.8, 4) is 5.69 Å². The Bertz CT molecular complexity index is 1080. The molecule has 0 bridgehead atoms. The fourth-order valence-corrected chi connectivity index (χ4v) is 4.84. The van der Waals surface area contributed by atoms with E-state index in [1.54, 1.807) is 18.7 Å². The van der Waals surface area contributed by atoms with Crippen LogP contribution in [0.25, 0.3) is 5.69 Å². The molecule has 3 aromatic rings. The van der Waals surface area contributed by atoms with Crippen LogP contribution < -0.4 is 0 Å². The molecule has 1 fully saturated rings. The Kier molecular flexibility index (Phi) is 4.66. The molecule has 0 atom stereocenters. The summed E-state index contributed by atoms with van der Waals surface area (Å²) in [6.45, 7) is 0.486. The molecule has 9 heteroatoms. The molecule has 1 N–H and O–H groups in total. The molecule has 1 aromatic carbocycles. The highest BCUT2D eigenvalue weighted by atomic mass is 35.5. The molecular weight excluding hydrogens is 404 g/mol. The van der Waals surface area contributed by atoms with Crippen molar-refractivity contribution in [2.45, 2.75) is 49.6 Å². The molecule has 0 radical (unpaired) electrons. The summed E-state index contributed by atoms with van der Waals surface area (Å²) in [6, 6.07) is 7.92. The molecule has 1 amide bonds. The van der Waals surface area contributed by atoms with Crippen LogP contribution in [0.1, 0.15) is 54.4 Å². The Balaban J connectivity index is 1.44. The normalized spacial score (nSPS) is 23.4. The van der Waals surface area contributed by atoms with Gasteiger partial charge >= 0.3 is 6.09 Å². The van der Waals surface area contributed by atoms with Crippen molar-refractivity contribution in [2.24, 2.45) is 0 Å². The maximum atomic E-state index is 11.7. The van der Waals surface area contributed by atoms with Gasteiger partial charge in [-0.15, -0.1) is 21.8 Å². The predicted molar refractivity (Wildman–Crippen MR) is 109 cm³/mol. The van der Waals surface area contributed by atoms with Crippen molar-refractivity contribution in [3.05, 3.63) is 65.8 Å². The summed E-state index contributed by atoms with van der Waals surface area (Å²) in [7, 11) is 0. The number of halogens is 1. The minimum absolute atomic E-state index is 0.199. The second-order valence-electron chi connectivity index (χ2n) is 7.95. The molecule has 2 aliphatic rings. The highest BCUT2D eigenvalue weighted by Crippen LogP contribution is 2.47. The molecule has 1 aliphatic heterocycles. The van der Waals surface area contributed by atoms with Gasteiger partial charge in [-0.1, -0.05) is 12.1 Å². The Morgan fingerprint density at radius 1 is 1.17 bits per heavy atom. The summed E-state index contributed by atoms with van der Waals surface area (Å²) < 4.78 is 1.85. The van der Waals surface area contributed by atoms with Crippen LogP contribution in [0.4, 0.5) is 4.79 Å². The van der Waals surface area contributed by atoms with Crippen LogP contribution in [0.2, 0.25) is 0 Å². The first-order valence-electron chi connectivity index (χ1n) is 10.00. The lowest BCUT2D eigenvalue weighted by atomic mass is 9.77. The number of carboxylic acid groups (broad SMARTS) is 1. The van der Waals surface area contributed by atoms with Gasteiger partial charge in [-0.05, 0) is 48.9 Å². The van der Waals surface area contributed by atoms with E-state index < -0.39 is 11.0 Å². The van der Waals surface area contributed by atoms with Gasteiger partial charge in [-0.3, -0.25) is 9.47 Å². The fourth-order valence-electron chi connectivity index (χ4n) is 4.51. The number of nitrogens with zero attached hydrogens (tertiary/aromatic N) is 6. The first-order valence-corrected chi connectivity index (χ1v) is 10.4. The average molecular weight is 425 g/mol. The smallest absolute Gasteiger partial charge is 0.408 e. The Morgan fingerprint density at radius 3 is 2.67 bits per heavy atom. The van der Waals surface area contributed by atoms with Crippen molar-refractivity contribution >= 4 is 17.7 Å². The lowest BCUT2D eigenvalue weighted by Crippen LogP contribution is -2.28. The van der Waals surface area contributed by atoms with Gasteiger partial charge < -0.3 is 5.11 Å². The van der Waals surface area contributed by atoms with E-state index in [2.05, 4.69) is 20.2 Å². The second kappa shape index (κ2) is 7.36. The van der Waals surface area contributed by atoms with Crippen molar-refractivity contribution < 1.29 is 9.90 Å². The van der Waals surface area contributed by atoms with E-state index >= 15 is 0 Å². The molecule has 8 nitrogen and oxygen atoms in total. The fraction of sp³-hybridized carbons (Fsp3) is 0.381. The highest BCUT2D eigenvalue weighted by molar-refractivity contribution is 6.24. The molecule has 0 saturated heterocycles. The Labute approximate surface area is 178 Å². The molecule has 0 spiro atoms. The largest absolute Gasteiger partial charge is 0.465 e. The van der Waals surface area contributed by atoms with E-state index in [0.29, 0.717) is 11.7 Å². The zero-order valence-corrected chi connectivity index (χ0v) is 17.0. The molecule has 0 unspecified atom stereocenters. The van der Waals surface area contributed by atoms with E-state index in [9.17, 15) is 9.90 Å². The number of alkyl halides is 1. The first-order chi connectivity index (χ1) is 14.5. The number of amides is 1. The molecular formula is C21H21ClN6O2. The van der Waals surface area contributed by atoms with Crippen LogP contribution in [-0.4, -0.2) is 40.8 Å². The summed E-state index contributed by atoms with van der Waals surface area (Å²) >= 11 is 7.11. The van der Waals surface area contributed by atoms with Gasteiger partial charge in [0.15, 0.2) is 5.82 Å². The molecule has 3 heterocycles. The second-order valence-corrected chi connectivity index (χ2v) is 8.67. The number of rotatable bonds is 2. The minimum atomic E-state index is -0.980. The van der Waals surface area contributed by atoms with E-state index in [4.69, 9.17) is 11.6 Å². The monoisotopic (exact) mass is 424 g/mol. The van der Waals surface area contributed by atoms with Gasteiger partial charge in [0.05, 0.1) is 23.7 Å². The summed E-state index contributed by atoms with van der Waals surface area (Å²) in [5.41, 5.74) is 2.83. The SMILES string of the molecule is O=C(O)N1Cc2cc(C3(Cl)CCC(c4ncccn4)CC3)ccc2-n2cnnc2C1. The van der Waals surface area contributed by atoms with E-state index in [1.165, 1.54) is 4.90 Å². The molecule has 1 aliphatic carbocycles. The zero-order valence-electron chi connectivity index (χ0n) is 16.3. The van der Waals surface area contributed by atoms with Crippen LogP contribution in [0, 0.1) is 0 Å². The van der Waals surface area contributed by atoms with E-state index in [0.717, 1.165) is 48.3 Å². The van der Waals surface area contributed by atoms with Gasteiger partial charge in [-0.25, -0.2) is 14.8 Å². The third-order valence-corrected chi connectivity index (χ3v) is 6.76. The molecule has 5 rings (SSSR count). The lowest BCUT2D eigenvalue weighted by Gasteiger charge is -2.35. The molecule has 30 heavy (non-hydrogen) atoms. The van der Waals surface area contributed by atoms with Gasteiger partial charge in [0.25, 0.3) is 0 Å². The van der Waals surface area contributed by atoms with Crippen LogP contribution in [-0.2, 0) is 18.0 Å². The van der Waals surface area contributed by atoms with Gasteiger partial charge in [0.1, 0.15) is 12.2 Å². The van der Waals surface area contributed by atoms with Gasteiger partial charge in [0, 0.05) is 18.3 Å². The lowest BCUT2D eigenvalue weighted by molar-refractivity contribution is 0.138. The number of fused-ring (bicyclic) bond motifs is 3. The number of aromatic nitrogens is 5. The molecule has 2 aromatic heterocycles. The summed E-state index contributed by atoms with van der Waals surface area (Å²) in [5.74, 6) is 1.81. The summed E-state index contributed by atoms with van der Waals surface area (Å²) in [6.07, 6.45) is 7.68. The quantitative estimate of drug-likeness (QED) is 0.627. The third kappa shape index (κ3) is 3.31. The third-order valence-electron chi connectivity index (χ3n) is 6.17. The topological polar surface area (TPSA) is 97.0 Å². The van der Waals surface area contributed by atoms with Crippen LogP contribution in [0.5, 0.6) is 0 Å². The summed E-state index contributed by atoms with van der Waals surface area (Å²) in [5, 5.41) is 17.6. The standard InChI is InChI=1S/C21H21ClN6O2/c22-21(6-4-14(5-7-21)19-23-8-1-9-24-19)16-2-3-17-15(10-16)11-27(20(29)30)12-18-26-25-13-28(17)18/h1-3,8-10,13-14H,4-7,11-12H2,(H,29,30). The number of hydrogen-bond donors (Lipinski definition) is 1. The highest BCUT2D eigenvalue weighted by Gasteiger charge is 2.37. The number of carbonyl (C=O) groups is 1. The van der Waals surface area contributed by atoms with Gasteiger partial charge in [-0.2, -0.15) is 0 Å². The number of hydrogen-bond acceptors (Lipinski definition) is 5. The van der Waals surface area contributed by atoms with Crippen LogP contribution >= 0.6 is 11.6 Å².